The summed E-state index contributed by atoms with van der Waals surface area (Å²) in [7, 11) is 0. The van der Waals surface area contributed by atoms with Gasteiger partial charge in [-0.05, 0) is 33.3 Å². The van der Waals surface area contributed by atoms with E-state index in [2.05, 4.69) is 0 Å². The molecule has 2 aliphatic rings. The SMILES string of the molecule is CC1(C)OC[C@H]([C@@H](O)[C@@H]2OC(C)(C)O[C@@H]2COCc2ccccc2)O1. The van der Waals surface area contributed by atoms with Gasteiger partial charge < -0.3 is 28.8 Å². The van der Waals surface area contributed by atoms with Crippen LogP contribution in [0.15, 0.2) is 30.3 Å². The molecule has 2 heterocycles. The molecule has 0 unspecified atom stereocenters. The van der Waals surface area contributed by atoms with E-state index in [4.69, 9.17) is 23.7 Å². The Bertz CT molecular complexity index is 558. The summed E-state index contributed by atoms with van der Waals surface area (Å²) >= 11 is 0. The van der Waals surface area contributed by atoms with Gasteiger partial charge in [0.2, 0.25) is 0 Å². The maximum absolute atomic E-state index is 10.7. The molecule has 1 aromatic rings. The number of benzene rings is 1. The van der Waals surface area contributed by atoms with E-state index in [1.54, 1.807) is 0 Å². The van der Waals surface area contributed by atoms with E-state index in [9.17, 15) is 5.11 Å². The summed E-state index contributed by atoms with van der Waals surface area (Å²) in [5.74, 6) is -1.47. The van der Waals surface area contributed by atoms with Crippen molar-refractivity contribution in [3.63, 3.8) is 0 Å². The molecular formula is C19H28O6. The van der Waals surface area contributed by atoms with Crippen LogP contribution in [0.1, 0.15) is 33.3 Å². The molecule has 2 saturated heterocycles. The first-order valence-electron chi connectivity index (χ1n) is 8.73. The van der Waals surface area contributed by atoms with Crippen LogP contribution in [0.5, 0.6) is 0 Å². The van der Waals surface area contributed by atoms with E-state index in [0.29, 0.717) is 19.8 Å². The molecule has 6 nitrogen and oxygen atoms in total. The lowest BCUT2D eigenvalue weighted by Crippen LogP contribution is -2.46. The average Bonchev–Trinajstić information content (AvgIpc) is 3.06. The Morgan fingerprint density at radius 3 is 2.44 bits per heavy atom. The number of rotatable bonds is 6. The standard InChI is InChI=1S/C19H28O6/c1-18(2)22-12-14(23-18)16(20)17-15(24-19(3,4)25-17)11-21-10-13-8-6-5-7-9-13/h5-9,14-17,20H,10-12H2,1-4H3/t14-,15-,16-,17-/m1/s1. The Balaban J connectivity index is 1.58. The van der Waals surface area contributed by atoms with Gasteiger partial charge in [-0.15, -0.1) is 0 Å². The number of hydrogen-bond acceptors (Lipinski definition) is 6. The fraction of sp³-hybridized carbons (Fsp3) is 0.684. The van der Waals surface area contributed by atoms with E-state index < -0.39 is 29.9 Å². The summed E-state index contributed by atoms with van der Waals surface area (Å²) in [6.45, 7) is 8.47. The first-order valence-corrected chi connectivity index (χ1v) is 8.73. The Labute approximate surface area is 149 Å². The molecule has 0 bridgehead atoms. The van der Waals surface area contributed by atoms with Gasteiger partial charge >= 0.3 is 0 Å². The highest BCUT2D eigenvalue weighted by Gasteiger charge is 2.49. The van der Waals surface area contributed by atoms with Crippen LogP contribution in [0.25, 0.3) is 0 Å². The molecule has 0 aliphatic carbocycles. The number of aliphatic hydroxyl groups excluding tert-OH is 1. The summed E-state index contributed by atoms with van der Waals surface area (Å²) < 4.78 is 29.0. The molecule has 0 aromatic heterocycles. The van der Waals surface area contributed by atoms with Crippen LogP contribution >= 0.6 is 0 Å². The predicted octanol–water partition coefficient (Wildman–Crippen LogP) is 2.24. The highest BCUT2D eigenvalue weighted by Crippen LogP contribution is 2.34. The Morgan fingerprint density at radius 1 is 1.08 bits per heavy atom. The Kier molecular flexibility index (Phi) is 5.48. The van der Waals surface area contributed by atoms with Gasteiger partial charge in [-0.2, -0.15) is 0 Å². The van der Waals surface area contributed by atoms with Crippen molar-refractivity contribution in [3.05, 3.63) is 35.9 Å². The largest absolute Gasteiger partial charge is 0.387 e. The molecule has 0 spiro atoms. The zero-order valence-corrected chi connectivity index (χ0v) is 15.3. The Hall–Kier alpha value is -1.02. The first kappa shape index (κ1) is 18.8. The van der Waals surface area contributed by atoms with Crippen LogP contribution in [-0.4, -0.2) is 54.3 Å². The van der Waals surface area contributed by atoms with Crippen LogP contribution in [0, 0.1) is 0 Å². The van der Waals surface area contributed by atoms with Gasteiger partial charge in [0.05, 0.1) is 19.8 Å². The summed E-state index contributed by atoms with van der Waals surface area (Å²) in [6, 6.07) is 9.94. The second-order valence-corrected chi connectivity index (χ2v) is 7.50. The molecule has 0 radical (unpaired) electrons. The molecule has 4 atom stereocenters. The molecule has 6 heteroatoms. The second kappa shape index (κ2) is 7.31. The molecule has 0 amide bonds. The van der Waals surface area contributed by atoms with Crippen molar-refractivity contribution in [2.24, 2.45) is 0 Å². The highest BCUT2D eigenvalue weighted by molar-refractivity contribution is 5.13. The zero-order valence-electron chi connectivity index (χ0n) is 15.3. The van der Waals surface area contributed by atoms with Crippen molar-refractivity contribution < 1.29 is 28.8 Å². The fourth-order valence-corrected chi connectivity index (χ4v) is 3.24. The van der Waals surface area contributed by atoms with E-state index in [1.807, 2.05) is 58.0 Å². The van der Waals surface area contributed by atoms with Gasteiger partial charge in [0.15, 0.2) is 11.6 Å². The maximum Gasteiger partial charge on any atom is 0.164 e. The van der Waals surface area contributed by atoms with E-state index in [0.717, 1.165) is 5.56 Å². The third kappa shape index (κ3) is 4.78. The normalized spacial score (nSPS) is 32.0. The van der Waals surface area contributed by atoms with Crippen LogP contribution in [0.2, 0.25) is 0 Å². The molecule has 25 heavy (non-hydrogen) atoms. The lowest BCUT2D eigenvalue weighted by Gasteiger charge is -2.27. The molecule has 1 aromatic carbocycles. The quantitative estimate of drug-likeness (QED) is 0.847. The topological polar surface area (TPSA) is 66.4 Å². The van der Waals surface area contributed by atoms with Gasteiger partial charge in [-0.1, -0.05) is 30.3 Å². The van der Waals surface area contributed by atoms with Crippen molar-refractivity contribution in [3.8, 4) is 0 Å². The molecular weight excluding hydrogens is 324 g/mol. The third-order valence-corrected chi connectivity index (χ3v) is 4.36. The lowest BCUT2D eigenvalue weighted by molar-refractivity contribution is -0.179. The van der Waals surface area contributed by atoms with Crippen LogP contribution in [0.4, 0.5) is 0 Å². The summed E-state index contributed by atoms with van der Waals surface area (Å²) in [4.78, 5) is 0. The minimum atomic E-state index is -0.853. The summed E-state index contributed by atoms with van der Waals surface area (Å²) in [5.41, 5.74) is 1.09. The molecule has 2 aliphatic heterocycles. The molecule has 140 valence electrons. The lowest BCUT2D eigenvalue weighted by atomic mass is 10.0. The van der Waals surface area contributed by atoms with Gasteiger partial charge in [-0.3, -0.25) is 0 Å². The zero-order chi connectivity index (χ0) is 18.1. The molecule has 0 saturated carbocycles. The van der Waals surface area contributed by atoms with E-state index in [-0.39, 0.29) is 6.10 Å². The highest BCUT2D eigenvalue weighted by atomic mass is 16.8. The number of aliphatic hydroxyl groups is 1. The first-order chi connectivity index (χ1) is 11.8. The van der Waals surface area contributed by atoms with Gasteiger partial charge in [-0.25, -0.2) is 0 Å². The third-order valence-electron chi connectivity index (χ3n) is 4.36. The maximum atomic E-state index is 10.7. The van der Waals surface area contributed by atoms with Crippen molar-refractivity contribution >= 4 is 0 Å². The average molecular weight is 352 g/mol. The van der Waals surface area contributed by atoms with Crippen molar-refractivity contribution in [2.45, 2.75) is 70.3 Å². The summed E-state index contributed by atoms with van der Waals surface area (Å²) in [6.07, 6.45) is -2.21. The number of hydrogen-bond donors (Lipinski definition) is 1. The monoisotopic (exact) mass is 352 g/mol. The minimum Gasteiger partial charge on any atom is -0.387 e. The minimum absolute atomic E-state index is 0.325. The van der Waals surface area contributed by atoms with Gasteiger partial charge in [0.1, 0.15) is 24.4 Å². The van der Waals surface area contributed by atoms with Gasteiger partial charge in [0, 0.05) is 0 Å². The van der Waals surface area contributed by atoms with Crippen molar-refractivity contribution in [1.82, 2.24) is 0 Å². The molecule has 1 N–H and O–H groups in total. The molecule has 3 rings (SSSR count). The van der Waals surface area contributed by atoms with Gasteiger partial charge in [0.25, 0.3) is 0 Å². The smallest absolute Gasteiger partial charge is 0.164 e. The van der Waals surface area contributed by atoms with E-state index >= 15 is 0 Å². The van der Waals surface area contributed by atoms with Crippen LogP contribution < -0.4 is 0 Å². The van der Waals surface area contributed by atoms with E-state index in [1.165, 1.54) is 0 Å². The van der Waals surface area contributed by atoms with Crippen molar-refractivity contribution in [1.29, 1.82) is 0 Å². The fourth-order valence-electron chi connectivity index (χ4n) is 3.24. The van der Waals surface area contributed by atoms with Crippen LogP contribution in [0.3, 0.4) is 0 Å². The second-order valence-electron chi connectivity index (χ2n) is 7.50. The Morgan fingerprint density at radius 2 is 1.80 bits per heavy atom. The summed E-state index contributed by atoms with van der Waals surface area (Å²) in [5, 5.41) is 10.7. The van der Waals surface area contributed by atoms with Crippen molar-refractivity contribution in [2.75, 3.05) is 13.2 Å². The predicted molar refractivity (Wildman–Crippen MR) is 90.8 cm³/mol. The number of ether oxygens (including phenoxy) is 5. The molecule has 2 fully saturated rings. The van der Waals surface area contributed by atoms with Crippen LogP contribution in [-0.2, 0) is 30.3 Å².